The van der Waals surface area contributed by atoms with Gasteiger partial charge in [-0.25, -0.2) is 9.97 Å². The van der Waals surface area contributed by atoms with Crippen molar-refractivity contribution in [3.63, 3.8) is 0 Å². The monoisotopic (exact) mass is 475 g/mol. The lowest BCUT2D eigenvalue weighted by Gasteiger charge is -2.36. The molecule has 2 atom stereocenters. The van der Waals surface area contributed by atoms with E-state index in [1.165, 1.54) is 0 Å². The Morgan fingerprint density at radius 1 is 1.14 bits per heavy atom. The summed E-state index contributed by atoms with van der Waals surface area (Å²) in [5, 5.41) is 7.63. The van der Waals surface area contributed by atoms with Crippen LogP contribution in [0.3, 0.4) is 0 Å². The summed E-state index contributed by atoms with van der Waals surface area (Å²) in [4.78, 5) is 24.7. The van der Waals surface area contributed by atoms with Crippen LogP contribution in [0.4, 0.5) is 5.82 Å². The number of hydrogen-bond donors (Lipinski definition) is 1. The lowest BCUT2D eigenvalue weighted by molar-refractivity contribution is -0.00546. The van der Waals surface area contributed by atoms with Gasteiger partial charge >= 0.3 is 0 Å². The largest absolute Gasteiger partial charge is 0.466 e. The molecule has 0 radical (unpaired) electrons. The fraction of sp³-hybridized carbons (Fsp3) is 0.385. The number of furan rings is 1. The van der Waals surface area contributed by atoms with Crippen molar-refractivity contribution in [3.8, 4) is 11.3 Å². The van der Waals surface area contributed by atoms with Gasteiger partial charge in [-0.1, -0.05) is 11.2 Å². The number of fused-ring (bicyclic) bond motifs is 1. The number of pyridine rings is 2. The van der Waals surface area contributed by atoms with Gasteiger partial charge in [-0.3, -0.25) is 4.79 Å². The molecule has 1 fully saturated rings. The van der Waals surface area contributed by atoms with E-state index in [2.05, 4.69) is 39.2 Å². The van der Waals surface area contributed by atoms with Gasteiger partial charge in [-0.2, -0.15) is 0 Å². The highest BCUT2D eigenvalue weighted by Gasteiger charge is 2.23. The van der Waals surface area contributed by atoms with Crippen LogP contribution in [0.25, 0.3) is 22.4 Å². The number of nitrogens with one attached hydrogen (secondary N) is 1. The van der Waals surface area contributed by atoms with Gasteiger partial charge in [0.05, 0.1) is 34.5 Å². The molecule has 9 heteroatoms. The number of ether oxygens (including phenoxy) is 1. The number of anilines is 1. The number of morpholine rings is 1. The summed E-state index contributed by atoms with van der Waals surface area (Å²) in [6.07, 6.45) is 2.13. The van der Waals surface area contributed by atoms with Crippen LogP contribution in [0.2, 0.25) is 0 Å². The van der Waals surface area contributed by atoms with E-state index in [9.17, 15) is 4.79 Å². The molecule has 9 nitrogen and oxygen atoms in total. The van der Waals surface area contributed by atoms with Gasteiger partial charge < -0.3 is 23.9 Å². The minimum Gasteiger partial charge on any atom is -0.466 e. The molecule has 5 rings (SSSR count). The Balaban J connectivity index is 1.35. The standard InChI is InChI=1S/C26H29N5O4/c1-14-8-20(18(5)34-14)22-9-21(24-17(4)30-35-26(24)29-22)25(32)28-11-19-6-7-23(27-10-19)31-12-15(2)33-16(3)13-31/h6-10,15-16H,11-13H2,1-5H3,(H,28,32). The smallest absolute Gasteiger partial charge is 0.259 e. The third kappa shape index (κ3) is 4.64. The van der Waals surface area contributed by atoms with Crippen molar-refractivity contribution >= 4 is 22.8 Å². The summed E-state index contributed by atoms with van der Waals surface area (Å²) in [7, 11) is 0. The quantitative estimate of drug-likeness (QED) is 0.454. The number of carbonyl (C=O) groups is 1. The predicted molar refractivity (Wildman–Crippen MR) is 131 cm³/mol. The second-order valence-corrected chi connectivity index (χ2v) is 9.20. The average molecular weight is 476 g/mol. The Labute approximate surface area is 203 Å². The zero-order valence-electron chi connectivity index (χ0n) is 20.6. The van der Waals surface area contributed by atoms with Gasteiger partial charge in [0.2, 0.25) is 0 Å². The molecule has 0 spiro atoms. The number of nitrogens with zero attached hydrogens (tertiary/aromatic N) is 4. The van der Waals surface area contributed by atoms with E-state index in [1.807, 2.05) is 32.0 Å². The van der Waals surface area contributed by atoms with Crippen LogP contribution >= 0.6 is 0 Å². The molecule has 0 aliphatic carbocycles. The molecule has 1 amide bonds. The van der Waals surface area contributed by atoms with Gasteiger partial charge in [0.15, 0.2) is 0 Å². The molecule has 5 heterocycles. The first-order valence-corrected chi connectivity index (χ1v) is 11.8. The van der Waals surface area contributed by atoms with Crippen molar-refractivity contribution < 1.29 is 18.5 Å². The average Bonchev–Trinajstić information content (AvgIpc) is 3.37. The van der Waals surface area contributed by atoms with E-state index < -0.39 is 0 Å². The Morgan fingerprint density at radius 3 is 2.57 bits per heavy atom. The maximum absolute atomic E-state index is 13.3. The number of hydrogen-bond acceptors (Lipinski definition) is 8. The lowest BCUT2D eigenvalue weighted by Crippen LogP contribution is -2.45. The van der Waals surface area contributed by atoms with Crippen LogP contribution < -0.4 is 10.2 Å². The highest BCUT2D eigenvalue weighted by Crippen LogP contribution is 2.30. The van der Waals surface area contributed by atoms with Crippen LogP contribution in [0.15, 0.2) is 39.4 Å². The minimum atomic E-state index is -0.234. The van der Waals surface area contributed by atoms with E-state index >= 15 is 0 Å². The molecule has 2 unspecified atom stereocenters. The van der Waals surface area contributed by atoms with Gasteiger partial charge in [-0.15, -0.1) is 0 Å². The number of aromatic nitrogens is 3. The second-order valence-electron chi connectivity index (χ2n) is 9.20. The molecule has 0 aromatic carbocycles. The molecule has 35 heavy (non-hydrogen) atoms. The van der Waals surface area contributed by atoms with Gasteiger partial charge in [0, 0.05) is 31.4 Å². The summed E-state index contributed by atoms with van der Waals surface area (Å²) in [6, 6.07) is 7.64. The Morgan fingerprint density at radius 2 is 1.91 bits per heavy atom. The molecule has 1 aliphatic heterocycles. The van der Waals surface area contributed by atoms with Crippen molar-refractivity contribution in [1.82, 2.24) is 20.4 Å². The third-order valence-corrected chi connectivity index (χ3v) is 6.18. The number of aryl methyl sites for hydroxylation is 3. The van der Waals surface area contributed by atoms with E-state index in [4.69, 9.17) is 13.7 Å². The molecule has 4 aromatic rings. The van der Waals surface area contributed by atoms with E-state index in [0.29, 0.717) is 34.6 Å². The maximum atomic E-state index is 13.3. The summed E-state index contributed by atoms with van der Waals surface area (Å²) < 4.78 is 16.9. The third-order valence-electron chi connectivity index (χ3n) is 6.18. The molecule has 4 aromatic heterocycles. The van der Waals surface area contributed by atoms with E-state index in [-0.39, 0.29) is 18.1 Å². The van der Waals surface area contributed by atoms with E-state index in [0.717, 1.165) is 41.6 Å². The topological polar surface area (TPSA) is 107 Å². The minimum absolute atomic E-state index is 0.164. The summed E-state index contributed by atoms with van der Waals surface area (Å²) in [5.41, 5.74) is 3.73. The number of rotatable bonds is 5. The van der Waals surface area contributed by atoms with Crippen LogP contribution in [-0.2, 0) is 11.3 Å². The summed E-state index contributed by atoms with van der Waals surface area (Å²) >= 11 is 0. The van der Waals surface area contributed by atoms with Crippen LogP contribution in [0.5, 0.6) is 0 Å². The Hall–Kier alpha value is -3.72. The maximum Gasteiger partial charge on any atom is 0.259 e. The first kappa shape index (κ1) is 23.0. The Kier molecular flexibility index (Phi) is 6.02. The highest BCUT2D eigenvalue weighted by atomic mass is 16.5. The predicted octanol–water partition coefficient (Wildman–Crippen LogP) is 4.35. The molecule has 1 N–H and O–H groups in total. The molecular weight excluding hydrogens is 446 g/mol. The second kappa shape index (κ2) is 9.14. The number of carbonyl (C=O) groups excluding carboxylic acids is 1. The fourth-order valence-corrected chi connectivity index (χ4v) is 4.65. The van der Waals surface area contributed by atoms with Gasteiger partial charge in [-0.05, 0) is 58.4 Å². The lowest BCUT2D eigenvalue weighted by atomic mass is 10.1. The van der Waals surface area contributed by atoms with Crippen LogP contribution in [-0.4, -0.2) is 46.3 Å². The molecule has 1 saturated heterocycles. The van der Waals surface area contributed by atoms with Crippen LogP contribution in [0.1, 0.15) is 47.0 Å². The van der Waals surface area contributed by atoms with Crippen molar-refractivity contribution in [2.45, 2.75) is 53.4 Å². The first-order chi connectivity index (χ1) is 16.8. The van der Waals surface area contributed by atoms with Crippen molar-refractivity contribution in [2.24, 2.45) is 0 Å². The molecule has 1 aliphatic rings. The Bertz CT molecular complexity index is 1360. The van der Waals surface area contributed by atoms with Gasteiger partial charge in [0.25, 0.3) is 11.6 Å². The van der Waals surface area contributed by atoms with Crippen molar-refractivity contribution in [3.05, 3.63) is 58.8 Å². The zero-order chi connectivity index (χ0) is 24.7. The normalized spacial score (nSPS) is 18.3. The van der Waals surface area contributed by atoms with Crippen molar-refractivity contribution in [2.75, 3.05) is 18.0 Å². The SMILES string of the molecule is Cc1cc(-c2cc(C(=O)NCc3ccc(N4CC(C)OC(C)C4)nc3)c3c(C)noc3n2)c(C)o1. The van der Waals surface area contributed by atoms with Crippen LogP contribution in [0, 0.1) is 20.8 Å². The molecule has 0 bridgehead atoms. The molecule has 0 saturated carbocycles. The van der Waals surface area contributed by atoms with E-state index in [1.54, 1.807) is 19.2 Å². The summed E-state index contributed by atoms with van der Waals surface area (Å²) in [6.45, 7) is 11.6. The first-order valence-electron chi connectivity index (χ1n) is 11.8. The number of amides is 1. The highest BCUT2D eigenvalue weighted by molar-refractivity contribution is 6.07. The van der Waals surface area contributed by atoms with Crippen molar-refractivity contribution in [1.29, 1.82) is 0 Å². The molecular formula is C26H29N5O4. The zero-order valence-corrected chi connectivity index (χ0v) is 20.6. The molecule has 182 valence electrons. The van der Waals surface area contributed by atoms with Gasteiger partial charge in [0.1, 0.15) is 17.3 Å². The fourth-order valence-electron chi connectivity index (χ4n) is 4.65. The summed E-state index contributed by atoms with van der Waals surface area (Å²) in [5.74, 6) is 2.18.